The number of amides is 1. The topological polar surface area (TPSA) is 23.6 Å². The second kappa shape index (κ2) is 5.04. The van der Waals surface area contributed by atoms with Gasteiger partial charge in [0.05, 0.1) is 0 Å². The number of halogens is 1. The summed E-state index contributed by atoms with van der Waals surface area (Å²) < 4.78 is 13.8. The first-order valence-corrected chi connectivity index (χ1v) is 7.79. The van der Waals surface area contributed by atoms with Crippen LogP contribution in [0.25, 0.3) is 0 Å². The minimum absolute atomic E-state index is 0.233. The van der Waals surface area contributed by atoms with Gasteiger partial charge in [0.25, 0.3) is 5.91 Å². The molecule has 19 heavy (non-hydrogen) atoms. The fourth-order valence-corrected chi connectivity index (χ4v) is 3.79. The van der Waals surface area contributed by atoms with Gasteiger partial charge in [-0.15, -0.1) is 0 Å². The van der Waals surface area contributed by atoms with Crippen LogP contribution in [-0.2, 0) is 4.79 Å². The van der Waals surface area contributed by atoms with E-state index < -0.39 is 5.67 Å². The van der Waals surface area contributed by atoms with Crippen LogP contribution >= 0.6 is 0 Å². The Balaban J connectivity index is 1.53. The van der Waals surface area contributed by atoms with Gasteiger partial charge in [-0.05, 0) is 58.0 Å². The van der Waals surface area contributed by atoms with Gasteiger partial charge in [-0.1, -0.05) is 6.42 Å². The van der Waals surface area contributed by atoms with Crippen molar-refractivity contribution in [3.8, 4) is 0 Å². The van der Waals surface area contributed by atoms with Gasteiger partial charge >= 0.3 is 0 Å². The summed E-state index contributed by atoms with van der Waals surface area (Å²) in [6, 6.07) is 0.686. The zero-order valence-electron chi connectivity index (χ0n) is 11.9. The SMILES string of the molecule is CN1CCCCC1C1CCN(C(=O)C2(F)CC2)CC1. The normalized spacial score (nSPS) is 32.3. The highest BCUT2D eigenvalue weighted by atomic mass is 19.1. The van der Waals surface area contributed by atoms with Crippen molar-refractivity contribution in [3.05, 3.63) is 0 Å². The maximum absolute atomic E-state index is 13.8. The van der Waals surface area contributed by atoms with Gasteiger partial charge in [-0.3, -0.25) is 4.79 Å². The van der Waals surface area contributed by atoms with Crippen LogP contribution in [0.2, 0.25) is 0 Å². The van der Waals surface area contributed by atoms with Crippen molar-refractivity contribution < 1.29 is 9.18 Å². The van der Waals surface area contributed by atoms with Gasteiger partial charge in [-0.25, -0.2) is 4.39 Å². The second-order valence-corrected chi connectivity index (χ2v) is 6.64. The van der Waals surface area contributed by atoms with Crippen molar-refractivity contribution in [1.29, 1.82) is 0 Å². The summed E-state index contributed by atoms with van der Waals surface area (Å²) >= 11 is 0. The van der Waals surface area contributed by atoms with Gasteiger partial charge in [0.2, 0.25) is 0 Å². The van der Waals surface area contributed by atoms with Crippen LogP contribution in [0.5, 0.6) is 0 Å². The Hall–Kier alpha value is -0.640. The van der Waals surface area contributed by atoms with E-state index in [-0.39, 0.29) is 5.91 Å². The molecule has 0 aromatic rings. The molecule has 1 aliphatic carbocycles. The van der Waals surface area contributed by atoms with E-state index in [1.165, 1.54) is 25.8 Å². The molecule has 3 nitrogen and oxygen atoms in total. The lowest BCUT2D eigenvalue weighted by atomic mass is 9.84. The number of carbonyl (C=O) groups excluding carboxylic acids is 1. The van der Waals surface area contributed by atoms with Crippen molar-refractivity contribution in [2.45, 2.75) is 56.7 Å². The fraction of sp³-hybridized carbons (Fsp3) is 0.933. The van der Waals surface area contributed by atoms with Gasteiger partial charge in [0.1, 0.15) is 0 Å². The Morgan fingerprint density at radius 3 is 2.37 bits per heavy atom. The first kappa shape index (κ1) is 13.3. The molecule has 1 amide bonds. The second-order valence-electron chi connectivity index (χ2n) is 6.64. The average molecular weight is 268 g/mol. The van der Waals surface area contributed by atoms with E-state index in [9.17, 15) is 9.18 Å². The Morgan fingerprint density at radius 1 is 1.11 bits per heavy atom. The number of alkyl halides is 1. The fourth-order valence-electron chi connectivity index (χ4n) is 3.79. The molecule has 0 aromatic heterocycles. The maximum Gasteiger partial charge on any atom is 0.260 e. The standard InChI is InChI=1S/C15H25FN2O/c1-17-9-3-2-4-13(17)12-5-10-18(11-6-12)14(19)15(16)7-8-15/h12-13H,2-11H2,1H3. The summed E-state index contributed by atoms with van der Waals surface area (Å²) in [5.74, 6) is 0.465. The summed E-state index contributed by atoms with van der Waals surface area (Å²) in [5.41, 5.74) is -1.48. The average Bonchev–Trinajstić information content (AvgIpc) is 3.18. The molecule has 1 saturated carbocycles. The molecule has 1 unspecified atom stereocenters. The monoisotopic (exact) mass is 268 g/mol. The van der Waals surface area contributed by atoms with Crippen LogP contribution in [0.15, 0.2) is 0 Å². The number of likely N-dealkylation sites (tertiary alicyclic amines) is 2. The molecule has 108 valence electrons. The largest absolute Gasteiger partial charge is 0.340 e. The molecule has 0 aromatic carbocycles. The minimum Gasteiger partial charge on any atom is -0.340 e. The van der Waals surface area contributed by atoms with Crippen LogP contribution in [-0.4, -0.2) is 54.1 Å². The Labute approximate surface area is 115 Å². The third-order valence-electron chi connectivity index (χ3n) is 5.27. The van der Waals surface area contributed by atoms with Crippen LogP contribution < -0.4 is 0 Å². The van der Waals surface area contributed by atoms with Crippen molar-refractivity contribution >= 4 is 5.91 Å². The van der Waals surface area contributed by atoms with Crippen LogP contribution in [0, 0.1) is 5.92 Å². The van der Waals surface area contributed by atoms with Crippen LogP contribution in [0.4, 0.5) is 4.39 Å². The van der Waals surface area contributed by atoms with E-state index in [4.69, 9.17) is 0 Å². The van der Waals surface area contributed by atoms with Gasteiger partial charge in [0.15, 0.2) is 5.67 Å². The molecule has 2 saturated heterocycles. The number of hydrogen-bond acceptors (Lipinski definition) is 2. The molecule has 2 heterocycles. The Morgan fingerprint density at radius 2 is 1.79 bits per heavy atom. The number of rotatable bonds is 2. The van der Waals surface area contributed by atoms with Crippen molar-refractivity contribution in [2.24, 2.45) is 5.92 Å². The molecular formula is C15H25FN2O. The van der Waals surface area contributed by atoms with Crippen molar-refractivity contribution in [3.63, 3.8) is 0 Å². The molecule has 0 N–H and O–H groups in total. The number of hydrogen-bond donors (Lipinski definition) is 0. The van der Waals surface area contributed by atoms with E-state index >= 15 is 0 Å². The number of carbonyl (C=O) groups is 1. The lowest BCUT2D eigenvalue weighted by Gasteiger charge is -2.42. The highest BCUT2D eigenvalue weighted by Crippen LogP contribution is 2.42. The first-order chi connectivity index (χ1) is 9.10. The summed E-state index contributed by atoms with van der Waals surface area (Å²) in [6.45, 7) is 2.73. The van der Waals surface area contributed by atoms with E-state index in [2.05, 4.69) is 11.9 Å². The predicted octanol–water partition coefficient (Wildman–Crippen LogP) is 2.21. The number of nitrogens with zero attached hydrogens (tertiary/aromatic N) is 2. The molecule has 1 atom stereocenters. The minimum atomic E-state index is -1.48. The quantitative estimate of drug-likeness (QED) is 0.766. The molecule has 3 aliphatic rings. The van der Waals surface area contributed by atoms with Gasteiger partial charge in [0, 0.05) is 19.1 Å². The lowest BCUT2D eigenvalue weighted by Crippen LogP contribution is -2.49. The summed E-state index contributed by atoms with van der Waals surface area (Å²) in [5, 5.41) is 0. The Kier molecular flexibility index (Phi) is 3.54. The van der Waals surface area contributed by atoms with Gasteiger partial charge in [-0.2, -0.15) is 0 Å². The smallest absolute Gasteiger partial charge is 0.260 e. The van der Waals surface area contributed by atoms with E-state index in [1.54, 1.807) is 4.90 Å². The highest BCUT2D eigenvalue weighted by molar-refractivity contribution is 5.88. The third-order valence-corrected chi connectivity index (χ3v) is 5.27. The van der Waals surface area contributed by atoms with Crippen LogP contribution in [0.3, 0.4) is 0 Å². The molecule has 3 rings (SSSR count). The molecule has 4 heteroatoms. The zero-order chi connectivity index (χ0) is 13.5. The number of piperidine rings is 2. The van der Waals surface area contributed by atoms with E-state index in [0.717, 1.165) is 25.9 Å². The predicted molar refractivity (Wildman–Crippen MR) is 72.6 cm³/mol. The van der Waals surface area contributed by atoms with Crippen LogP contribution in [0.1, 0.15) is 44.9 Å². The molecule has 0 radical (unpaired) electrons. The summed E-state index contributed by atoms with van der Waals surface area (Å²) in [7, 11) is 2.22. The molecule has 3 fully saturated rings. The van der Waals surface area contributed by atoms with Crippen molar-refractivity contribution in [2.75, 3.05) is 26.7 Å². The third kappa shape index (κ3) is 2.64. The molecule has 0 spiro atoms. The molecule has 0 bridgehead atoms. The van der Waals surface area contributed by atoms with E-state index in [0.29, 0.717) is 24.8 Å². The van der Waals surface area contributed by atoms with Crippen molar-refractivity contribution in [1.82, 2.24) is 9.80 Å². The van der Waals surface area contributed by atoms with E-state index in [1.807, 2.05) is 0 Å². The lowest BCUT2D eigenvalue weighted by molar-refractivity contribution is -0.140. The maximum atomic E-state index is 13.8. The summed E-state index contributed by atoms with van der Waals surface area (Å²) in [4.78, 5) is 16.2. The zero-order valence-corrected chi connectivity index (χ0v) is 11.9. The molecular weight excluding hydrogens is 243 g/mol. The summed E-state index contributed by atoms with van der Waals surface area (Å²) in [6.07, 6.45) is 6.93. The highest BCUT2D eigenvalue weighted by Gasteiger charge is 2.53. The first-order valence-electron chi connectivity index (χ1n) is 7.79. The van der Waals surface area contributed by atoms with Gasteiger partial charge < -0.3 is 9.80 Å². The Bertz CT molecular complexity index is 348. The molecule has 2 aliphatic heterocycles.